The number of nitrogens with zero attached hydrogens (tertiary/aromatic N) is 2. The van der Waals surface area contributed by atoms with E-state index < -0.39 is 0 Å². The van der Waals surface area contributed by atoms with Crippen molar-refractivity contribution in [2.45, 2.75) is 32.9 Å². The molecule has 0 N–H and O–H groups in total. The second-order valence-corrected chi connectivity index (χ2v) is 6.76. The minimum atomic E-state index is 0.207. The van der Waals surface area contributed by atoms with E-state index in [4.69, 9.17) is 13.9 Å². The predicted octanol–water partition coefficient (Wildman–Crippen LogP) is 1.67. The Balaban J connectivity index is 1.60. The Hall–Kier alpha value is -1.37. The van der Waals surface area contributed by atoms with E-state index in [0.717, 1.165) is 24.6 Å². The van der Waals surface area contributed by atoms with Crippen LogP contribution in [0.15, 0.2) is 16.5 Å². The fourth-order valence-electron chi connectivity index (χ4n) is 3.45. The van der Waals surface area contributed by atoms with Gasteiger partial charge in [-0.05, 0) is 26.0 Å². The molecule has 0 radical (unpaired) electrons. The van der Waals surface area contributed by atoms with Crippen molar-refractivity contribution in [1.29, 1.82) is 0 Å². The largest absolute Gasteiger partial charge is 0.465 e. The molecule has 2 saturated heterocycles. The second kappa shape index (κ2) is 8.14. The third-order valence-electron chi connectivity index (χ3n) is 5.07. The van der Waals surface area contributed by atoms with Crippen molar-refractivity contribution in [3.05, 3.63) is 23.7 Å². The van der Waals surface area contributed by atoms with Crippen molar-refractivity contribution in [1.82, 2.24) is 9.80 Å². The molecule has 1 aromatic rings. The van der Waals surface area contributed by atoms with E-state index in [0.29, 0.717) is 45.9 Å². The smallest absolute Gasteiger partial charge is 0.223 e. The van der Waals surface area contributed by atoms with Crippen LogP contribution in [0.4, 0.5) is 0 Å². The van der Waals surface area contributed by atoms with E-state index in [2.05, 4.69) is 11.8 Å². The Morgan fingerprint density at radius 3 is 2.62 bits per heavy atom. The molecule has 2 atom stereocenters. The van der Waals surface area contributed by atoms with Gasteiger partial charge in [0.1, 0.15) is 11.5 Å². The summed E-state index contributed by atoms with van der Waals surface area (Å²) in [6, 6.07) is 4.30. The number of ether oxygens (including phenoxy) is 2. The first kappa shape index (κ1) is 17.5. The second-order valence-electron chi connectivity index (χ2n) is 6.76. The molecule has 6 nitrogen and oxygen atoms in total. The van der Waals surface area contributed by atoms with E-state index in [1.165, 1.54) is 0 Å². The number of amides is 1. The Bertz CT molecular complexity index is 539. The quantitative estimate of drug-likeness (QED) is 0.837. The molecule has 2 fully saturated rings. The average molecular weight is 336 g/mol. The molecule has 0 spiro atoms. The molecule has 2 aliphatic rings. The zero-order valence-corrected chi connectivity index (χ0v) is 14.7. The number of carbonyl (C=O) groups excluding carboxylic acids is 1. The van der Waals surface area contributed by atoms with Crippen LogP contribution in [0.25, 0.3) is 0 Å². The summed E-state index contributed by atoms with van der Waals surface area (Å²) in [6.45, 7) is 9.83. The molecular formula is C18H28N2O4. The van der Waals surface area contributed by atoms with Crippen LogP contribution < -0.4 is 0 Å². The van der Waals surface area contributed by atoms with Crippen LogP contribution >= 0.6 is 0 Å². The lowest BCUT2D eigenvalue weighted by Crippen LogP contribution is -2.44. The summed E-state index contributed by atoms with van der Waals surface area (Å²) in [4.78, 5) is 16.9. The van der Waals surface area contributed by atoms with Gasteiger partial charge in [-0.2, -0.15) is 0 Å². The van der Waals surface area contributed by atoms with Crippen molar-refractivity contribution in [2.24, 2.45) is 5.92 Å². The van der Waals surface area contributed by atoms with E-state index >= 15 is 0 Å². The maximum absolute atomic E-state index is 12.6. The van der Waals surface area contributed by atoms with E-state index in [9.17, 15) is 4.79 Å². The highest BCUT2D eigenvalue weighted by Crippen LogP contribution is 2.22. The van der Waals surface area contributed by atoms with Gasteiger partial charge in [0.15, 0.2) is 0 Å². The normalized spacial score (nSPS) is 26.3. The van der Waals surface area contributed by atoms with E-state index in [1.54, 1.807) is 0 Å². The molecule has 0 saturated carbocycles. The van der Waals surface area contributed by atoms with Crippen LogP contribution in [-0.2, 0) is 20.8 Å². The Morgan fingerprint density at radius 2 is 1.92 bits per heavy atom. The zero-order valence-electron chi connectivity index (χ0n) is 14.7. The molecule has 3 heterocycles. The van der Waals surface area contributed by atoms with Gasteiger partial charge in [0.05, 0.1) is 33.0 Å². The van der Waals surface area contributed by atoms with Gasteiger partial charge in [-0.25, -0.2) is 0 Å². The van der Waals surface area contributed by atoms with Crippen LogP contribution in [0.5, 0.6) is 0 Å². The van der Waals surface area contributed by atoms with E-state index in [1.807, 2.05) is 24.0 Å². The van der Waals surface area contributed by atoms with Crippen LogP contribution in [0.3, 0.4) is 0 Å². The summed E-state index contributed by atoms with van der Waals surface area (Å²) in [7, 11) is 0. The maximum Gasteiger partial charge on any atom is 0.223 e. The first-order valence-corrected chi connectivity index (χ1v) is 8.86. The van der Waals surface area contributed by atoms with Crippen molar-refractivity contribution in [2.75, 3.05) is 46.1 Å². The number of morpholine rings is 1. The fraction of sp³-hybridized carbons (Fsp3) is 0.722. The molecule has 6 heteroatoms. The van der Waals surface area contributed by atoms with E-state index in [-0.39, 0.29) is 17.9 Å². The van der Waals surface area contributed by atoms with Crippen LogP contribution in [0, 0.1) is 12.8 Å². The Kier molecular flexibility index (Phi) is 5.92. The summed E-state index contributed by atoms with van der Waals surface area (Å²) < 4.78 is 16.8. The number of furan rings is 1. The molecule has 24 heavy (non-hydrogen) atoms. The third-order valence-corrected chi connectivity index (χ3v) is 5.07. The van der Waals surface area contributed by atoms with Gasteiger partial charge >= 0.3 is 0 Å². The highest BCUT2D eigenvalue weighted by Gasteiger charge is 2.30. The van der Waals surface area contributed by atoms with Crippen molar-refractivity contribution >= 4 is 5.91 Å². The SMILES string of the molecule is Cc1ccc(CN2CCOC[C@@H](CC(=O)N3CCOCC3)[C@@H]2C)o1. The van der Waals surface area contributed by atoms with Gasteiger partial charge in [-0.3, -0.25) is 9.69 Å². The molecule has 3 rings (SSSR count). The van der Waals surface area contributed by atoms with Crippen LogP contribution in [0.2, 0.25) is 0 Å². The van der Waals surface area contributed by atoms with Crippen molar-refractivity contribution in [3.63, 3.8) is 0 Å². The summed E-state index contributed by atoms with van der Waals surface area (Å²) >= 11 is 0. The van der Waals surface area contributed by atoms with Crippen molar-refractivity contribution in [3.8, 4) is 0 Å². The molecule has 1 aromatic heterocycles. The summed E-state index contributed by atoms with van der Waals surface area (Å²) in [6.07, 6.45) is 0.537. The minimum absolute atomic E-state index is 0.207. The van der Waals surface area contributed by atoms with Gasteiger partial charge in [0, 0.05) is 38.0 Å². The molecule has 0 bridgehead atoms. The van der Waals surface area contributed by atoms with Crippen LogP contribution in [0.1, 0.15) is 24.9 Å². The van der Waals surface area contributed by atoms with Crippen molar-refractivity contribution < 1.29 is 18.7 Å². The number of aryl methyl sites for hydroxylation is 1. The first-order valence-electron chi connectivity index (χ1n) is 8.86. The fourth-order valence-corrected chi connectivity index (χ4v) is 3.45. The molecule has 134 valence electrons. The molecule has 0 aliphatic carbocycles. The molecule has 2 aliphatic heterocycles. The Morgan fingerprint density at radius 1 is 1.17 bits per heavy atom. The monoisotopic (exact) mass is 336 g/mol. The molecule has 0 unspecified atom stereocenters. The van der Waals surface area contributed by atoms with Gasteiger partial charge in [-0.1, -0.05) is 0 Å². The third kappa shape index (κ3) is 4.37. The summed E-state index contributed by atoms with van der Waals surface area (Å²) in [5.74, 6) is 2.33. The number of rotatable bonds is 4. The first-order chi connectivity index (χ1) is 11.6. The van der Waals surface area contributed by atoms with Gasteiger partial charge in [-0.15, -0.1) is 0 Å². The topological polar surface area (TPSA) is 55.2 Å². The van der Waals surface area contributed by atoms with Gasteiger partial charge in [0.25, 0.3) is 0 Å². The minimum Gasteiger partial charge on any atom is -0.465 e. The van der Waals surface area contributed by atoms with Gasteiger partial charge in [0.2, 0.25) is 5.91 Å². The lowest BCUT2D eigenvalue weighted by molar-refractivity contribution is -0.137. The molecule has 0 aromatic carbocycles. The summed E-state index contributed by atoms with van der Waals surface area (Å²) in [5.41, 5.74) is 0. The zero-order chi connectivity index (χ0) is 16.9. The molecule has 1 amide bonds. The lowest BCUT2D eigenvalue weighted by atomic mass is 9.96. The van der Waals surface area contributed by atoms with Gasteiger partial charge < -0.3 is 18.8 Å². The average Bonchev–Trinajstić information content (AvgIpc) is 2.93. The lowest BCUT2D eigenvalue weighted by Gasteiger charge is -2.33. The number of hydrogen-bond acceptors (Lipinski definition) is 5. The standard InChI is InChI=1S/C18H28N2O4/c1-14-3-4-17(24-14)12-20-7-10-23-13-16(15(20)2)11-18(21)19-5-8-22-9-6-19/h3-4,15-16H,5-13H2,1-2H3/t15-,16+/m0/s1. The number of carbonyl (C=O) groups is 1. The Labute approximate surface area is 143 Å². The number of hydrogen-bond donors (Lipinski definition) is 0. The predicted molar refractivity (Wildman–Crippen MR) is 89.6 cm³/mol. The highest BCUT2D eigenvalue weighted by molar-refractivity contribution is 5.76. The summed E-state index contributed by atoms with van der Waals surface area (Å²) in [5, 5.41) is 0. The van der Waals surface area contributed by atoms with Crippen LogP contribution in [-0.4, -0.2) is 67.8 Å². The highest BCUT2D eigenvalue weighted by atomic mass is 16.5. The molecular weight excluding hydrogens is 308 g/mol. The maximum atomic E-state index is 12.6.